The zero-order valence-electron chi connectivity index (χ0n) is 16.6. The van der Waals surface area contributed by atoms with Crippen LogP contribution >= 0.6 is 23.4 Å². The number of hydrazine groups is 1. The molecule has 3 aromatic rings. The van der Waals surface area contributed by atoms with Crippen LogP contribution in [0.4, 0.5) is 5.95 Å². The summed E-state index contributed by atoms with van der Waals surface area (Å²) in [6.07, 6.45) is 2.21. The zero-order valence-corrected chi connectivity index (χ0v) is 18.2. The van der Waals surface area contributed by atoms with E-state index >= 15 is 0 Å². The van der Waals surface area contributed by atoms with Gasteiger partial charge in [0.05, 0.1) is 11.4 Å². The number of rotatable bonds is 6. The monoisotopic (exact) mass is 456 g/mol. The van der Waals surface area contributed by atoms with Gasteiger partial charge in [0.15, 0.2) is 5.16 Å². The molecule has 0 saturated carbocycles. The first-order valence-electron chi connectivity index (χ1n) is 9.85. The Morgan fingerprint density at radius 2 is 1.77 bits per heavy atom. The van der Waals surface area contributed by atoms with Gasteiger partial charge in [-0.3, -0.25) is 25.0 Å². The number of nitrogens with zero attached hydrogens (tertiary/aromatic N) is 4. The molecule has 0 bridgehead atoms. The van der Waals surface area contributed by atoms with E-state index in [9.17, 15) is 9.59 Å². The molecule has 4 rings (SSSR count). The van der Waals surface area contributed by atoms with Crippen molar-refractivity contribution in [3.63, 3.8) is 0 Å². The number of benzene rings is 2. The first-order chi connectivity index (χ1) is 15.1. The van der Waals surface area contributed by atoms with Crippen LogP contribution in [0.15, 0.2) is 59.8 Å². The normalized spacial score (nSPS) is 13.3. The molecule has 1 aromatic heterocycles. The van der Waals surface area contributed by atoms with E-state index < -0.39 is 0 Å². The number of carbonyl (C=O) groups excluding carboxylic acids is 2. The van der Waals surface area contributed by atoms with Gasteiger partial charge < -0.3 is 4.90 Å². The second-order valence-electron chi connectivity index (χ2n) is 6.95. The molecule has 160 valence electrons. The van der Waals surface area contributed by atoms with Crippen LogP contribution in [0.2, 0.25) is 5.02 Å². The number of anilines is 1. The molecule has 0 radical (unpaired) electrons. The molecule has 2 amide bonds. The summed E-state index contributed by atoms with van der Waals surface area (Å²) in [4.78, 5) is 26.5. The molecule has 1 fully saturated rings. The maximum absolute atomic E-state index is 12.3. The smallest absolute Gasteiger partial charge is 0.269 e. The Labute approximate surface area is 189 Å². The largest absolute Gasteiger partial charge is 0.341 e. The van der Waals surface area contributed by atoms with Gasteiger partial charge in [-0.1, -0.05) is 47.6 Å². The summed E-state index contributed by atoms with van der Waals surface area (Å²) in [5.74, 6) is 0.0726. The summed E-state index contributed by atoms with van der Waals surface area (Å²) >= 11 is 7.44. The number of nitrogens with one attached hydrogen (secondary N) is 2. The molecular weight excluding hydrogens is 436 g/mol. The molecule has 8 nitrogen and oxygen atoms in total. The van der Waals surface area contributed by atoms with E-state index in [2.05, 4.69) is 25.9 Å². The van der Waals surface area contributed by atoms with E-state index in [0.29, 0.717) is 15.7 Å². The van der Waals surface area contributed by atoms with Crippen LogP contribution in [-0.2, 0) is 4.79 Å². The lowest BCUT2D eigenvalue weighted by atomic mass is 10.2. The second kappa shape index (κ2) is 9.84. The van der Waals surface area contributed by atoms with Gasteiger partial charge in [-0.05, 0) is 43.2 Å². The summed E-state index contributed by atoms with van der Waals surface area (Å²) in [6, 6.07) is 16.1. The number of carbonyl (C=O) groups is 2. The molecule has 0 aliphatic carbocycles. The third-order valence-corrected chi connectivity index (χ3v) is 5.92. The van der Waals surface area contributed by atoms with Crippen LogP contribution in [0.1, 0.15) is 23.2 Å². The molecule has 31 heavy (non-hydrogen) atoms. The molecule has 0 unspecified atom stereocenters. The molecule has 2 aromatic carbocycles. The van der Waals surface area contributed by atoms with Crippen LogP contribution in [0.3, 0.4) is 0 Å². The van der Waals surface area contributed by atoms with Gasteiger partial charge in [0.1, 0.15) is 0 Å². The van der Waals surface area contributed by atoms with Crippen molar-refractivity contribution in [1.29, 1.82) is 0 Å². The number of hydrogen-bond donors (Lipinski definition) is 2. The Morgan fingerprint density at radius 1 is 1.00 bits per heavy atom. The van der Waals surface area contributed by atoms with Crippen molar-refractivity contribution < 1.29 is 9.59 Å². The Balaban J connectivity index is 1.44. The van der Waals surface area contributed by atoms with E-state index in [1.807, 2.05) is 28.8 Å². The maximum atomic E-state index is 12.3. The van der Waals surface area contributed by atoms with Crippen LogP contribution in [0, 0.1) is 0 Å². The predicted octanol–water partition coefficient (Wildman–Crippen LogP) is 3.07. The maximum Gasteiger partial charge on any atom is 0.269 e. The van der Waals surface area contributed by atoms with Crippen molar-refractivity contribution in [3.05, 3.63) is 65.2 Å². The van der Waals surface area contributed by atoms with Crippen molar-refractivity contribution in [2.75, 3.05) is 23.7 Å². The van der Waals surface area contributed by atoms with Gasteiger partial charge in [-0.2, -0.15) is 0 Å². The first kappa shape index (κ1) is 21.2. The quantitative estimate of drug-likeness (QED) is 0.437. The molecule has 1 saturated heterocycles. The van der Waals surface area contributed by atoms with E-state index in [0.717, 1.165) is 37.6 Å². The third kappa shape index (κ3) is 5.18. The summed E-state index contributed by atoms with van der Waals surface area (Å²) in [6.45, 7) is 1.82. The lowest BCUT2D eigenvalue weighted by molar-refractivity contribution is -0.119. The predicted molar refractivity (Wildman–Crippen MR) is 121 cm³/mol. The Morgan fingerprint density at radius 3 is 2.52 bits per heavy atom. The summed E-state index contributed by atoms with van der Waals surface area (Å²) < 4.78 is 1.91. The standard InChI is InChI=1S/C21H21ClN6O2S/c22-16-9-6-10-17(13-16)28-20(27-11-4-5-12-27)25-26-21(28)31-14-18(29)23-24-19(30)15-7-2-1-3-8-15/h1-3,6-10,13H,4-5,11-12,14H2,(H,23,29)(H,24,30). The van der Waals surface area contributed by atoms with E-state index in [1.165, 1.54) is 11.8 Å². The molecule has 2 N–H and O–H groups in total. The summed E-state index contributed by atoms with van der Waals surface area (Å²) in [5.41, 5.74) is 6.15. The number of halogens is 1. The number of aromatic nitrogens is 3. The molecule has 1 aliphatic heterocycles. The third-order valence-electron chi connectivity index (χ3n) is 4.76. The summed E-state index contributed by atoms with van der Waals surface area (Å²) in [5, 5.41) is 9.86. The van der Waals surface area contributed by atoms with Crippen molar-refractivity contribution in [2.45, 2.75) is 18.0 Å². The highest BCUT2D eigenvalue weighted by Gasteiger charge is 2.23. The number of thioether (sulfide) groups is 1. The molecule has 0 spiro atoms. The fraction of sp³-hybridized carbons (Fsp3) is 0.238. The van der Waals surface area contributed by atoms with Crippen LogP contribution in [0.25, 0.3) is 5.69 Å². The van der Waals surface area contributed by atoms with Crippen LogP contribution < -0.4 is 15.8 Å². The van der Waals surface area contributed by atoms with Crippen molar-refractivity contribution in [1.82, 2.24) is 25.6 Å². The topological polar surface area (TPSA) is 92.2 Å². The average Bonchev–Trinajstić information content (AvgIpc) is 3.46. The number of hydrogen-bond acceptors (Lipinski definition) is 6. The highest BCUT2D eigenvalue weighted by atomic mass is 35.5. The van der Waals surface area contributed by atoms with Gasteiger partial charge in [0.2, 0.25) is 11.9 Å². The Bertz CT molecular complexity index is 1070. The van der Waals surface area contributed by atoms with Crippen LogP contribution in [0.5, 0.6) is 0 Å². The van der Waals surface area contributed by atoms with Crippen molar-refractivity contribution in [2.24, 2.45) is 0 Å². The molecular formula is C21H21ClN6O2S. The van der Waals surface area contributed by atoms with E-state index in [-0.39, 0.29) is 17.6 Å². The van der Waals surface area contributed by atoms with E-state index in [4.69, 9.17) is 11.6 Å². The number of amides is 2. The lowest BCUT2D eigenvalue weighted by Crippen LogP contribution is -2.42. The van der Waals surface area contributed by atoms with Gasteiger partial charge in [0, 0.05) is 23.7 Å². The molecule has 0 atom stereocenters. The Kier molecular flexibility index (Phi) is 6.73. The molecule has 2 heterocycles. The van der Waals surface area contributed by atoms with Crippen molar-refractivity contribution >= 4 is 41.1 Å². The molecule has 10 heteroatoms. The van der Waals surface area contributed by atoms with Crippen LogP contribution in [-0.4, -0.2) is 45.4 Å². The average molecular weight is 457 g/mol. The molecule has 1 aliphatic rings. The van der Waals surface area contributed by atoms with Gasteiger partial charge in [0.25, 0.3) is 5.91 Å². The Hall–Kier alpha value is -3.04. The van der Waals surface area contributed by atoms with Crippen molar-refractivity contribution in [3.8, 4) is 5.69 Å². The summed E-state index contributed by atoms with van der Waals surface area (Å²) in [7, 11) is 0. The van der Waals surface area contributed by atoms with Gasteiger partial charge in [-0.25, -0.2) is 0 Å². The minimum Gasteiger partial charge on any atom is -0.341 e. The minimum absolute atomic E-state index is 0.0633. The highest BCUT2D eigenvalue weighted by Crippen LogP contribution is 2.29. The lowest BCUT2D eigenvalue weighted by Gasteiger charge is -2.18. The SMILES string of the molecule is O=C(CSc1nnc(N2CCCC2)n1-c1cccc(Cl)c1)NNC(=O)c1ccccc1. The highest BCUT2D eigenvalue weighted by molar-refractivity contribution is 7.99. The fourth-order valence-electron chi connectivity index (χ4n) is 3.27. The first-order valence-corrected chi connectivity index (χ1v) is 11.2. The second-order valence-corrected chi connectivity index (χ2v) is 8.33. The minimum atomic E-state index is -0.377. The zero-order chi connectivity index (χ0) is 21.6. The van der Waals surface area contributed by atoms with E-state index in [1.54, 1.807) is 30.3 Å². The van der Waals surface area contributed by atoms with Gasteiger partial charge in [-0.15, -0.1) is 10.2 Å². The van der Waals surface area contributed by atoms with Gasteiger partial charge >= 0.3 is 0 Å². The fourth-order valence-corrected chi connectivity index (χ4v) is 4.20.